The Hall–Kier alpha value is -1.90. The summed E-state index contributed by atoms with van der Waals surface area (Å²) in [4.78, 5) is 0. The van der Waals surface area contributed by atoms with Gasteiger partial charge in [0.05, 0.1) is 6.10 Å². The van der Waals surface area contributed by atoms with Crippen molar-refractivity contribution in [1.82, 2.24) is 0 Å². The molecule has 0 radical (unpaired) electrons. The second-order valence-corrected chi connectivity index (χ2v) is 11.8. The molecular weight excluding hydrogens is 296 g/mol. The standard InChI is InChI=1S/C21H22OSi/c1-23(2,3)22-21-10-6-9-17-13-18-11-15-7-4-5-8-16(15)12-19(18)14-20(17)21/h4-8,10-14,21H,9H2,1-3H3. The van der Waals surface area contributed by atoms with Gasteiger partial charge in [0.1, 0.15) is 0 Å². The molecule has 1 nitrogen and oxygen atoms in total. The Labute approximate surface area is 138 Å². The molecule has 1 atom stereocenters. The Kier molecular flexibility index (Phi) is 3.40. The van der Waals surface area contributed by atoms with Crippen LogP contribution in [0.3, 0.4) is 0 Å². The highest BCUT2D eigenvalue weighted by Gasteiger charge is 2.24. The van der Waals surface area contributed by atoms with Crippen LogP contribution in [0.1, 0.15) is 17.2 Å². The zero-order chi connectivity index (χ0) is 16.0. The molecule has 0 heterocycles. The highest BCUT2D eigenvalue weighted by Crippen LogP contribution is 2.34. The van der Waals surface area contributed by atoms with Gasteiger partial charge in [-0.3, -0.25) is 0 Å². The van der Waals surface area contributed by atoms with Crippen LogP contribution in [0.15, 0.2) is 60.7 Å². The van der Waals surface area contributed by atoms with Gasteiger partial charge in [-0.2, -0.15) is 0 Å². The third kappa shape index (κ3) is 2.85. The summed E-state index contributed by atoms with van der Waals surface area (Å²) < 4.78 is 6.39. The van der Waals surface area contributed by atoms with Crippen LogP contribution in [0.2, 0.25) is 19.6 Å². The molecule has 116 valence electrons. The van der Waals surface area contributed by atoms with Crippen molar-refractivity contribution in [1.29, 1.82) is 0 Å². The topological polar surface area (TPSA) is 9.23 Å². The first-order valence-corrected chi connectivity index (χ1v) is 11.7. The van der Waals surface area contributed by atoms with Gasteiger partial charge in [-0.15, -0.1) is 0 Å². The molecule has 1 aliphatic rings. The van der Waals surface area contributed by atoms with Crippen molar-refractivity contribution in [2.24, 2.45) is 0 Å². The number of allylic oxidation sites excluding steroid dienone is 1. The smallest absolute Gasteiger partial charge is 0.185 e. The molecular formula is C21H22OSi. The zero-order valence-electron chi connectivity index (χ0n) is 14.0. The van der Waals surface area contributed by atoms with Crippen LogP contribution < -0.4 is 0 Å². The van der Waals surface area contributed by atoms with Gasteiger partial charge < -0.3 is 4.43 Å². The summed E-state index contributed by atoms with van der Waals surface area (Å²) in [7, 11) is -1.58. The van der Waals surface area contributed by atoms with E-state index in [-0.39, 0.29) is 6.10 Å². The molecule has 3 aromatic carbocycles. The quantitative estimate of drug-likeness (QED) is 0.320. The van der Waals surface area contributed by atoms with E-state index in [2.05, 4.69) is 80.3 Å². The predicted octanol–water partition coefficient (Wildman–Crippen LogP) is 6.00. The summed E-state index contributed by atoms with van der Waals surface area (Å²) in [5.74, 6) is 0. The maximum atomic E-state index is 6.39. The summed E-state index contributed by atoms with van der Waals surface area (Å²) in [5.41, 5.74) is 2.75. The highest BCUT2D eigenvalue weighted by molar-refractivity contribution is 6.69. The minimum absolute atomic E-state index is 0.112. The first kappa shape index (κ1) is 14.7. The average Bonchev–Trinajstić information content (AvgIpc) is 2.50. The van der Waals surface area contributed by atoms with Gasteiger partial charge in [-0.05, 0) is 76.9 Å². The maximum absolute atomic E-state index is 6.39. The fourth-order valence-corrected chi connectivity index (χ4v) is 4.37. The fourth-order valence-electron chi connectivity index (χ4n) is 3.40. The third-order valence-electron chi connectivity index (χ3n) is 4.40. The lowest BCUT2D eigenvalue weighted by molar-refractivity contribution is 0.245. The summed E-state index contributed by atoms with van der Waals surface area (Å²) in [6, 6.07) is 17.9. The Morgan fingerprint density at radius 1 is 0.870 bits per heavy atom. The highest BCUT2D eigenvalue weighted by atomic mass is 28.4. The molecule has 3 aromatic rings. The van der Waals surface area contributed by atoms with Crippen molar-refractivity contribution in [3.8, 4) is 0 Å². The molecule has 0 N–H and O–H groups in total. The second kappa shape index (κ2) is 5.33. The van der Waals surface area contributed by atoms with Gasteiger partial charge >= 0.3 is 0 Å². The van der Waals surface area contributed by atoms with E-state index in [1.165, 1.54) is 32.7 Å². The molecule has 0 saturated heterocycles. The Bertz CT molecular complexity index is 918. The molecule has 2 heteroatoms. The predicted molar refractivity (Wildman–Crippen MR) is 101 cm³/mol. The van der Waals surface area contributed by atoms with E-state index in [4.69, 9.17) is 4.43 Å². The number of fused-ring (bicyclic) bond motifs is 3. The number of hydrogen-bond acceptors (Lipinski definition) is 1. The largest absolute Gasteiger partial charge is 0.407 e. The normalized spacial score (nSPS) is 17.6. The van der Waals surface area contributed by atoms with Crippen molar-refractivity contribution < 1.29 is 4.43 Å². The van der Waals surface area contributed by atoms with Gasteiger partial charge in [0.2, 0.25) is 0 Å². The first-order valence-electron chi connectivity index (χ1n) is 8.29. The van der Waals surface area contributed by atoms with Crippen molar-refractivity contribution in [3.63, 3.8) is 0 Å². The molecule has 23 heavy (non-hydrogen) atoms. The average molecular weight is 318 g/mol. The molecule has 0 spiro atoms. The molecule has 1 aliphatic carbocycles. The van der Waals surface area contributed by atoms with E-state index in [1.807, 2.05) is 0 Å². The summed E-state index contributed by atoms with van der Waals surface area (Å²) in [6.45, 7) is 6.76. The van der Waals surface area contributed by atoms with Crippen LogP contribution in [-0.2, 0) is 10.8 Å². The Morgan fingerprint density at radius 3 is 2.17 bits per heavy atom. The number of benzene rings is 3. The number of hydrogen-bond donors (Lipinski definition) is 0. The van der Waals surface area contributed by atoms with Crippen molar-refractivity contribution in [3.05, 3.63) is 71.8 Å². The Morgan fingerprint density at radius 2 is 1.52 bits per heavy atom. The molecule has 0 fully saturated rings. The van der Waals surface area contributed by atoms with Crippen molar-refractivity contribution >= 4 is 29.9 Å². The fraction of sp³-hybridized carbons (Fsp3) is 0.238. The van der Waals surface area contributed by atoms with Gasteiger partial charge in [-0.1, -0.05) is 42.5 Å². The van der Waals surface area contributed by atoms with Crippen LogP contribution in [-0.4, -0.2) is 8.32 Å². The van der Waals surface area contributed by atoms with Crippen LogP contribution in [0, 0.1) is 0 Å². The monoisotopic (exact) mass is 318 g/mol. The molecule has 1 unspecified atom stereocenters. The van der Waals surface area contributed by atoms with E-state index in [9.17, 15) is 0 Å². The lowest BCUT2D eigenvalue weighted by Crippen LogP contribution is -2.28. The molecule has 0 bridgehead atoms. The summed E-state index contributed by atoms with van der Waals surface area (Å²) in [6.07, 6.45) is 5.60. The lowest BCUT2D eigenvalue weighted by Gasteiger charge is -2.28. The zero-order valence-corrected chi connectivity index (χ0v) is 15.0. The minimum Gasteiger partial charge on any atom is -0.407 e. The lowest BCUT2D eigenvalue weighted by atomic mass is 9.90. The van der Waals surface area contributed by atoms with E-state index in [0.717, 1.165) is 6.42 Å². The van der Waals surface area contributed by atoms with E-state index < -0.39 is 8.32 Å². The van der Waals surface area contributed by atoms with Gasteiger partial charge in [0.25, 0.3) is 0 Å². The number of rotatable bonds is 2. The second-order valence-electron chi connectivity index (χ2n) is 7.38. The molecule has 4 rings (SSSR count). The Balaban J connectivity index is 1.88. The third-order valence-corrected chi connectivity index (χ3v) is 5.36. The van der Waals surface area contributed by atoms with E-state index in [0.29, 0.717) is 0 Å². The van der Waals surface area contributed by atoms with Crippen LogP contribution >= 0.6 is 0 Å². The van der Waals surface area contributed by atoms with Crippen LogP contribution in [0.4, 0.5) is 0 Å². The molecule has 0 aliphatic heterocycles. The van der Waals surface area contributed by atoms with Gasteiger partial charge in [0, 0.05) is 0 Å². The summed E-state index contributed by atoms with van der Waals surface area (Å²) in [5, 5.41) is 5.24. The van der Waals surface area contributed by atoms with Gasteiger partial charge in [-0.25, -0.2) is 0 Å². The molecule has 0 aromatic heterocycles. The van der Waals surface area contributed by atoms with Crippen LogP contribution in [0.5, 0.6) is 0 Å². The SMILES string of the molecule is C[Si](C)(C)OC1C=CCc2cc3cc4ccccc4cc3cc21. The minimum atomic E-state index is -1.58. The van der Waals surface area contributed by atoms with E-state index >= 15 is 0 Å². The maximum Gasteiger partial charge on any atom is 0.185 e. The van der Waals surface area contributed by atoms with Gasteiger partial charge in [0.15, 0.2) is 8.32 Å². The molecule has 0 saturated carbocycles. The van der Waals surface area contributed by atoms with E-state index in [1.54, 1.807) is 0 Å². The van der Waals surface area contributed by atoms with Crippen molar-refractivity contribution in [2.45, 2.75) is 32.2 Å². The van der Waals surface area contributed by atoms with Crippen molar-refractivity contribution in [2.75, 3.05) is 0 Å². The summed E-state index contributed by atoms with van der Waals surface area (Å²) >= 11 is 0. The first-order chi connectivity index (χ1) is 11.0. The molecule has 0 amide bonds. The van der Waals surface area contributed by atoms with Crippen LogP contribution in [0.25, 0.3) is 21.5 Å².